The normalized spacial score (nSPS) is 17.9. The van der Waals surface area contributed by atoms with Gasteiger partial charge in [-0.25, -0.2) is 4.39 Å². The average molecular weight is 343 g/mol. The summed E-state index contributed by atoms with van der Waals surface area (Å²) in [6.07, 6.45) is -4.51. The van der Waals surface area contributed by atoms with Gasteiger partial charge in [-0.05, 0) is 12.5 Å². The van der Waals surface area contributed by atoms with Crippen LogP contribution in [-0.2, 0) is 6.18 Å². The fourth-order valence-electron chi connectivity index (χ4n) is 2.68. The van der Waals surface area contributed by atoms with Crippen molar-refractivity contribution in [3.63, 3.8) is 0 Å². The van der Waals surface area contributed by atoms with E-state index in [1.807, 2.05) is 4.90 Å². The SMILES string of the molecule is Cl.OCC[C@@H](c1cccc(C(F)(F)F)c1F)N1CCNCC1. The van der Waals surface area contributed by atoms with E-state index in [0.717, 1.165) is 6.07 Å². The lowest BCUT2D eigenvalue weighted by Crippen LogP contribution is -2.45. The molecule has 0 radical (unpaired) electrons. The number of hydrogen-bond donors (Lipinski definition) is 2. The van der Waals surface area contributed by atoms with Gasteiger partial charge in [0.25, 0.3) is 0 Å². The monoisotopic (exact) mass is 342 g/mol. The number of benzene rings is 1. The third kappa shape index (κ3) is 4.32. The maximum atomic E-state index is 14.3. The summed E-state index contributed by atoms with van der Waals surface area (Å²) in [5.41, 5.74) is -1.25. The van der Waals surface area contributed by atoms with Crippen LogP contribution in [0.1, 0.15) is 23.6 Å². The summed E-state index contributed by atoms with van der Waals surface area (Å²) in [4.78, 5) is 1.91. The number of nitrogens with zero attached hydrogens (tertiary/aromatic N) is 1. The quantitative estimate of drug-likeness (QED) is 0.826. The zero-order valence-corrected chi connectivity index (χ0v) is 12.7. The van der Waals surface area contributed by atoms with Gasteiger partial charge in [0.15, 0.2) is 0 Å². The fourth-order valence-corrected chi connectivity index (χ4v) is 2.68. The van der Waals surface area contributed by atoms with E-state index in [1.165, 1.54) is 12.1 Å². The van der Waals surface area contributed by atoms with Crippen molar-refractivity contribution in [1.29, 1.82) is 0 Å². The molecule has 126 valence electrons. The molecule has 0 amide bonds. The van der Waals surface area contributed by atoms with Crippen LogP contribution < -0.4 is 5.32 Å². The van der Waals surface area contributed by atoms with Crippen LogP contribution in [0, 0.1) is 5.82 Å². The van der Waals surface area contributed by atoms with E-state index in [-0.39, 0.29) is 31.0 Å². The summed E-state index contributed by atoms with van der Waals surface area (Å²) in [5, 5.41) is 12.3. The zero-order valence-electron chi connectivity index (χ0n) is 11.9. The third-order valence-corrected chi connectivity index (χ3v) is 3.69. The van der Waals surface area contributed by atoms with Crippen LogP contribution in [0.4, 0.5) is 17.6 Å². The Bertz CT molecular complexity index is 478. The van der Waals surface area contributed by atoms with Gasteiger partial charge in [-0.2, -0.15) is 13.2 Å². The molecule has 2 rings (SSSR count). The van der Waals surface area contributed by atoms with Gasteiger partial charge < -0.3 is 10.4 Å². The van der Waals surface area contributed by atoms with Gasteiger partial charge in [0.1, 0.15) is 5.82 Å². The van der Waals surface area contributed by atoms with Crippen LogP contribution in [0.25, 0.3) is 0 Å². The summed E-state index contributed by atoms with van der Waals surface area (Å²) in [6, 6.07) is 2.78. The first kappa shape index (κ1) is 19.2. The fraction of sp³-hybridized carbons (Fsp3) is 0.571. The number of nitrogens with one attached hydrogen (secondary N) is 1. The topological polar surface area (TPSA) is 35.5 Å². The Morgan fingerprint density at radius 1 is 1.23 bits per heavy atom. The van der Waals surface area contributed by atoms with E-state index in [9.17, 15) is 17.6 Å². The first-order chi connectivity index (χ1) is 9.95. The molecule has 1 saturated heterocycles. The summed E-state index contributed by atoms with van der Waals surface area (Å²) in [7, 11) is 0. The van der Waals surface area contributed by atoms with E-state index in [4.69, 9.17) is 5.11 Å². The lowest BCUT2D eigenvalue weighted by Gasteiger charge is -2.35. The lowest BCUT2D eigenvalue weighted by molar-refractivity contribution is -0.140. The Kier molecular flexibility index (Phi) is 7.05. The molecule has 0 saturated carbocycles. The van der Waals surface area contributed by atoms with E-state index in [1.54, 1.807) is 0 Å². The molecule has 3 nitrogen and oxygen atoms in total. The molecule has 1 aromatic carbocycles. The lowest BCUT2D eigenvalue weighted by atomic mass is 9.98. The second-order valence-electron chi connectivity index (χ2n) is 5.02. The van der Waals surface area contributed by atoms with Crippen molar-refractivity contribution < 1.29 is 22.7 Å². The summed E-state index contributed by atoms with van der Waals surface area (Å²) in [5.74, 6) is -1.23. The van der Waals surface area contributed by atoms with Crippen molar-refractivity contribution in [2.24, 2.45) is 0 Å². The van der Waals surface area contributed by atoms with Crippen LogP contribution >= 0.6 is 12.4 Å². The highest BCUT2D eigenvalue weighted by Crippen LogP contribution is 2.36. The summed E-state index contributed by atoms with van der Waals surface area (Å²) >= 11 is 0. The minimum Gasteiger partial charge on any atom is -0.396 e. The maximum Gasteiger partial charge on any atom is 0.419 e. The number of alkyl halides is 3. The van der Waals surface area contributed by atoms with Gasteiger partial charge in [0.2, 0.25) is 0 Å². The standard InChI is InChI=1S/C14H18F4N2O.ClH/c15-13-10(2-1-3-11(13)14(16,17)18)12(4-9-21)20-7-5-19-6-8-20;/h1-3,12,19,21H,4-9H2;1H/t12-;/m0./s1. The largest absolute Gasteiger partial charge is 0.419 e. The van der Waals surface area contributed by atoms with Crippen molar-refractivity contribution >= 4 is 12.4 Å². The summed E-state index contributed by atoms with van der Waals surface area (Å²) in [6.45, 7) is 2.41. The molecule has 22 heavy (non-hydrogen) atoms. The molecule has 2 N–H and O–H groups in total. The van der Waals surface area contributed by atoms with Gasteiger partial charge in [-0.15, -0.1) is 12.4 Å². The molecule has 0 aliphatic carbocycles. The Balaban J connectivity index is 0.00000242. The molecule has 0 bridgehead atoms. The van der Waals surface area contributed by atoms with Crippen LogP contribution in [-0.4, -0.2) is 42.8 Å². The predicted octanol–water partition coefficient (Wildman–Crippen LogP) is 2.60. The van der Waals surface area contributed by atoms with Crippen molar-refractivity contribution in [2.75, 3.05) is 32.8 Å². The molecule has 1 heterocycles. The first-order valence-electron chi connectivity index (χ1n) is 6.86. The van der Waals surface area contributed by atoms with Crippen molar-refractivity contribution in [3.8, 4) is 0 Å². The van der Waals surface area contributed by atoms with Crippen LogP contribution in [0.5, 0.6) is 0 Å². The molecular weight excluding hydrogens is 324 g/mol. The van der Waals surface area contributed by atoms with Gasteiger partial charge in [0, 0.05) is 44.4 Å². The highest BCUT2D eigenvalue weighted by Gasteiger charge is 2.36. The first-order valence-corrected chi connectivity index (χ1v) is 6.86. The maximum absolute atomic E-state index is 14.3. The second kappa shape index (κ2) is 8.10. The highest BCUT2D eigenvalue weighted by atomic mass is 35.5. The predicted molar refractivity (Wildman–Crippen MR) is 77.5 cm³/mol. The van der Waals surface area contributed by atoms with Gasteiger partial charge in [-0.3, -0.25) is 4.90 Å². The minimum atomic E-state index is -4.71. The van der Waals surface area contributed by atoms with E-state index < -0.39 is 23.6 Å². The van der Waals surface area contributed by atoms with Gasteiger partial charge in [0.05, 0.1) is 5.56 Å². The molecule has 1 aromatic rings. The Morgan fingerprint density at radius 2 is 1.86 bits per heavy atom. The molecule has 0 aromatic heterocycles. The number of aliphatic hydroxyl groups is 1. The number of rotatable bonds is 4. The number of aliphatic hydroxyl groups excluding tert-OH is 1. The minimum absolute atomic E-state index is 0. The van der Waals surface area contributed by atoms with Crippen molar-refractivity contribution in [2.45, 2.75) is 18.6 Å². The molecule has 1 aliphatic heterocycles. The molecule has 0 unspecified atom stereocenters. The molecular formula is C14H19ClF4N2O. The average Bonchev–Trinajstić information content (AvgIpc) is 2.45. The number of hydrogen-bond acceptors (Lipinski definition) is 3. The van der Waals surface area contributed by atoms with Gasteiger partial charge in [-0.1, -0.05) is 12.1 Å². The molecule has 1 atom stereocenters. The smallest absolute Gasteiger partial charge is 0.396 e. The van der Waals surface area contributed by atoms with E-state index in [0.29, 0.717) is 26.2 Å². The highest BCUT2D eigenvalue weighted by molar-refractivity contribution is 5.85. The van der Waals surface area contributed by atoms with Crippen LogP contribution in [0.15, 0.2) is 18.2 Å². The third-order valence-electron chi connectivity index (χ3n) is 3.69. The van der Waals surface area contributed by atoms with Crippen LogP contribution in [0.3, 0.4) is 0 Å². The number of piperazine rings is 1. The molecule has 1 fully saturated rings. The molecule has 1 aliphatic rings. The van der Waals surface area contributed by atoms with E-state index >= 15 is 0 Å². The Labute approximate surface area is 132 Å². The van der Waals surface area contributed by atoms with Gasteiger partial charge >= 0.3 is 6.18 Å². The van der Waals surface area contributed by atoms with Crippen LogP contribution in [0.2, 0.25) is 0 Å². The Morgan fingerprint density at radius 3 is 2.41 bits per heavy atom. The summed E-state index contributed by atoms with van der Waals surface area (Å²) < 4.78 is 52.7. The molecule has 8 heteroatoms. The van der Waals surface area contributed by atoms with E-state index in [2.05, 4.69) is 5.32 Å². The zero-order chi connectivity index (χ0) is 15.5. The Hall–Kier alpha value is -0.890. The van der Waals surface area contributed by atoms with Crippen molar-refractivity contribution in [1.82, 2.24) is 10.2 Å². The number of halogens is 5. The van der Waals surface area contributed by atoms with Crippen molar-refractivity contribution in [3.05, 3.63) is 35.1 Å². The molecule has 0 spiro atoms. The second-order valence-corrected chi connectivity index (χ2v) is 5.02.